The summed E-state index contributed by atoms with van der Waals surface area (Å²) in [5.74, 6) is 0.833. The van der Waals surface area contributed by atoms with E-state index in [-0.39, 0.29) is 12.4 Å². The lowest BCUT2D eigenvalue weighted by molar-refractivity contribution is -0.00000511. The highest BCUT2D eigenvalue weighted by atomic mass is 35.5. The average Bonchev–Trinajstić information content (AvgIpc) is 2.68. The van der Waals surface area contributed by atoms with Gasteiger partial charge in [0.05, 0.1) is 18.3 Å². The molecule has 0 radical (unpaired) electrons. The molecule has 0 aliphatic rings. The van der Waals surface area contributed by atoms with Gasteiger partial charge in [-0.3, -0.25) is 0 Å². The van der Waals surface area contributed by atoms with Gasteiger partial charge in [0.1, 0.15) is 5.75 Å². The minimum atomic E-state index is 0. The number of hydrogen-bond donors (Lipinski definition) is 0. The molecule has 0 N–H and O–H groups in total. The summed E-state index contributed by atoms with van der Waals surface area (Å²) in [6.45, 7) is 0. The van der Waals surface area contributed by atoms with Crippen LogP contribution in [0.1, 0.15) is 0 Å². The van der Waals surface area contributed by atoms with Crippen LogP contribution in [0.3, 0.4) is 0 Å². The van der Waals surface area contributed by atoms with E-state index in [9.17, 15) is 0 Å². The van der Waals surface area contributed by atoms with E-state index < -0.39 is 0 Å². The lowest BCUT2D eigenvalue weighted by atomic mass is 9.98. The van der Waals surface area contributed by atoms with Crippen molar-refractivity contribution in [3.63, 3.8) is 0 Å². The largest absolute Gasteiger partial charge is 1.00 e. The number of ether oxygens (including phenoxy) is 1. The third-order valence-corrected chi connectivity index (χ3v) is 4.48. The van der Waals surface area contributed by atoms with Crippen molar-refractivity contribution in [2.24, 2.45) is 0 Å². The Hall–Kier alpha value is -2.55. The van der Waals surface area contributed by atoms with Crippen molar-refractivity contribution in [2.75, 3.05) is 7.11 Å². The molecule has 4 aromatic rings. The average molecular weight is 381 g/mol. The summed E-state index contributed by atoms with van der Waals surface area (Å²) in [7, 11) is 1.67. The van der Waals surface area contributed by atoms with Crippen LogP contribution in [0.2, 0.25) is 5.02 Å². The van der Waals surface area contributed by atoms with Crippen molar-refractivity contribution < 1.29 is 17.1 Å². The molecule has 0 saturated carbocycles. The molecule has 2 nitrogen and oxygen atoms in total. The van der Waals surface area contributed by atoms with Gasteiger partial charge in [-0.2, -0.15) is 0 Å². The van der Waals surface area contributed by atoms with Gasteiger partial charge in [0.25, 0.3) is 0 Å². The van der Waals surface area contributed by atoms with Gasteiger partial charge < -0.3 is 17.1 Å². The van der Waals surface area contributed by atoms with Crippen molar-refractivity contribution in [3.8, 4) is 28.1 Å². The highest BCUT2D eigenvalue weighted by Crippen LogP contribution is 2.33. The first-order valence-corrected chi connectivity index (χ1v) is 8.42. The van der Waals surface area contributed by atoms with Crippen molar-refractivity contribution >= 4 is 22.5 Å². The van der Waals surface area contributed by atoms with E-state index in [1.807, 2.05) is 60.7 Å². The van der Waals surface area contributed by atoms with Crippen LogP contribution < -0.4 is 17.1 Å². The summed E-state index contributed by atoms with van der Waals surface area (Å²) in [5.41, 5.74) is 5.17. The van der Waals surface area contributed by atoms with Crippen LogP contribution >= 0.6 is 11.6 Å². The zero-order chi connectivity index (χ0) is 17.2. The molecule has 0 aliphatic carbocycles. The standard InChI is InChI=1S/C22H16ClNO.ClH/c1-25-18-10-7-16(8-11-18)22-14-19(15-5-3-2-4-6-15)20-13-17(23)9-12-21(20)24-22;/h2-14H,1H3;1H/p-1. The number of hydrogen-bond acceptors (Lipinski definition) is 2. The molecule has 0 fully saturated rings. The number of methoxy groups -OCH3 is 1. The highest BCUT2D eigenvalue weighted by molar-refractivity contribution is 6.31. The zero-order valence-electron chi connectivity index (χ0n) is 14.1. The number of pyridine rings is 1. The maximum atomic E-state index is 6.23. The van der Waals surface area contributed by atoms with Gasteiger partial charge in [0, 0.05) is 16.0 Å². The Kier molecular flexibility index (Phi) is 5.46. The van der Waals surface area contributed by atoms with Gasteiger partial charge in [-0.1, -0.05) is 41.9 Å². The Morgan fingerprint density at radius 1 is 0.808 bits per heavy atom. The fourth-order valence-electron chi connectivity index (χ4n) is 2.96. The van der Waals surface area contributed by atoms with Crippen LogP contribution in [-0.4, -0.2) is 12.1 Å². The Bertz CT molecular complexity index is 1030. The van der Waals surface area contributed by atoms with Crippen LogP contribution in [0.4, 0.5) is 0 Å². The topological polar surface area (TPSA) is 22.1 Å². The number of aromatic nitrogens is 1. The van der Waals surface area contributed by atoms with E-state index in [1.54, 1.807) is 7.11 Å². The second-order valence-electron chi connectivity index (χ2n) is 5.81. The van der Waals surface area contributed by atoms with Crippen molar-refractivity contribution in [3.05, 3.63) is 83.9 Å². The predicted octanol–water partition coefficient (Wildman–Crippen LogP) is 3.23. The molecule has 0 unspecified atom stereocenters. The molecule has 1 aromatic heterocycles. The molecule has 0 saturated heterocycles. The van der Waals surface area contributed by atoms with E-state index in [0.717, 1.165) is 39.0 Å². The second-order valence-corrected chi connectivity index (χ2v) is 6.25. The first kappa shape index (κ1) is 18.2. The van der Waals surface area contributed by atoms with E-state index in [4.69, 9.17) is 21.3 Å². The first-order valence-electron chi connectivity index (χ1n) is 8.05. The molecule has 4 rings (SSSR count). The van der Waals surface area contributed by atoms with E-state index >= 15 is 0 Å². The molecular formula is C22H16Cl2NO-. The first-order chi connectivity index (χ1) is 12.2. The molecule has 130 valence electrons. The molecule has 4 heteroatoms. The second kappa shape index (κ2) is 7.77. The van der Waals surface area contributed by atoms with E-state index in [1.165, 1.54) is 0 Å². The Labute approximate surface area is 163 Å². The molecule has 0 bridgehead atoms. The Morgan fingerprint density at radius 3 is 2.23 bits per heavy atom. The quantitative estimate of drug-likeness (QED) is 0.544. The Balaban J connectivity index is 0.00000196. The minimum absolute atomic E-state index is 0. The monoisotopic (exact) mass is 380 g/mol. The number of nitrogens with zero attached hydrogens (tertiary/aromatic N) is 1. The fourth-order valence-corrected chi connectivity index (χ4v) is 3.14. The number of benzene rings is 3. The van der Waals surface area contributed by atoms with Crippen LogP contribution in [0, 0.1) is 0 Å². The molecule has 3 aromatic carbocycles. The van der Waals surface area contributed by atoms with Crippen LogP contribution in [0.25, 0.3) is 33.3 Å². The van der Waals surface area contributed by atoms with Gasteiger partial charge in [-0.25, -0.2) is 4.98 Å². The molecule has 0 spiro atoms. The summed E-state index contributed by atoms with van der Waals surface area (Å²) in [6.07, 6.45) is 0. The van der Waals surface area contributed by atoms with E-state index in [2.05, 4.69) is 18.2 Å². The molecule has 0 aliphatic heterocycles. The molecular weight excluding hydrogens is 365 g/mol. The molecule has 0 amide bonds. The number of fused-ring (bicyclic) bond motifs is 1. The summed E-state index contributed by atoms with van der Waals surface area (Å²) in [6, 6.07) is 26.2. The summed E-state index contributed by atoms with van der Waals surface area (Å²) in [4.78, 5) is 4.83. The summed E-state index contributed by atoms with van der Waals surface area (Å²) < 4.78 is 5.25. The number of rotatable bonds is 3. The van der Waals surface area contributed by atoms with Gasteiger partial charge in [-0.15, -0.1) is 0 Å². The maximum absolute atomic E-state index is 6.23. The minimum Gasteiger partial charge on any atom is -1.00 e. The van der Waals surface area contributed by atoms with Gasteiger partial charge in [-0.05, 0) is 59.7 Å². The lowest BCUT2D eigenvalue weighted by Gasteiger charge is -2.11. The van der Waals surface area contributed by atoms with Gasteiger partial charge in [0.15, 0.2) is 0 Å². The highest BCUT2D eigenvalue weighted by Gasteiger charge is 2.10. The van der Waals surface area contributed by atoms with Crippen molar-refractivity contribution in [2.45, 2.75) is 0 Å². The third kappa shape index (κ3) is 3.52. The fraction of sp³-hybridized carbons (Fsp3) is 0.0455. The normalized spacial score (nSPS) is 10.4. The van der Waals surface area contributed by atoms with E-state index in [0.29, 0.717) is 5.02 Å². The SMILES string of the molecule is COc1ccc(-c2cc(-c3ccccc3)c3cc(Cl)ccc3n2)cc1.[Cl-]. The number of halogens is 2. The smallest absolute Gasteiger partial charge is 0.118 e. The molecule has 1 heterocycles. The van der Waals surface area contributed by atoms with Crippen LogP contribution in [-0.2, 0) is 0 Å². The maximum Gasteiger partial charge on any atom is 0.118 e. The Morgan fingerprint density at radius 2 is 1.54 bits per heavy atom. The predicted molar refractivity (Wildman–Crippen MR) is 104 cm³/mol. The van der Waals surface area contributed by atoms with Crippen LogP contribution in [0.15, 0.2) is 78.9 Å². The van der Waals surface area contributed by atoms with Crippen LogP contribution in [0.5, 0.6) is 5.75 Å². The third-order valence-electron chi connectivity index (χ3n) is 4.24. The molecule has 0 atom stereocenters. The van der Waals surface area contributed by atoms with Gasteiger partial charge >= 0.3 is 0 Å². The lowest BCUT2D eigenvalue weighted by Crippen LogP contribution is -3.00. The van der Waals surface area contributed by atoms with Crippen molar-refractivity contribution in [1.29, 1.82) is 0 Å². The summed E-state index contributed by atoms with van der Waals surface area (Å²) in [5, 5.41) is 1.76. The molecule has 26 heavy (non-hydrogen) atoms. The van der Waals surface area contributed by atoms with Crippen molar-refractivity contribution in [1.82, 2.24) is 4.98 Å². The van der Waals surface area contributed by atoms with Gasteiger partial charge in [0.2, 0.25) is 0 Å². The zero-order valence-corrected chi connectivity index (χ0v) is 15.6. The summed E-state index contributed by atoms with van der Waals surface area (Å²) >= 11 is 6.23.